The highest BCUT2D eigenvalue weighted by Crippen LogP contribution is 2.37. The number of rotatable bonds is 6. The van der Waals surface area contributed by atoms with Crippen molar-refractivity contribution in [2.75, 3.05) is 12.8 Å². The molecule has 104 valence electrons. The summed E-state index contributed by atoms with van der Waals surface area (Å²) in [5.74, 6) is -0.327. The van der Waals surface area contributed by atoms with Gasteiger partial charge < -0.3 is 11.1 Å². The molecule has 1 amide bonds. The Labute approximate surface area is 120 Å². The standard InChI is InChI=1S/C13H24N2OS2/c1-3-10(11(14)17)12(16)15-9-13(18-2)7-5-4-6-8-13/h10H,3-9H2,1-2H3,(H2,14,17)(H,15,16). The van der Waals surface area contributed by atoms with Crippen LogP contribution in [0.4, 0.5) is 0 Å². The molecule has 3 nitrogen and oxygen atoms in total. The topological polar surface area (TPSA) is 55.1 Å². The lowest BCUT2D eigenvalue weighted by molar-refractivity contribution is -0.123. The molecule has 1 rings (SSSR count). The smallest absolute Gasteiger partial charge is 0.229 e. The van der Waals surface area contributed by atoms with E-state index in [0.717, 1.165) is 6.54 Å². The van der Waals surface area contributed by atoms with Gasteiger partial charge in [0.25, 0.3) is 0 Å². The molecular weight excluding hydrogens is 264 g/mol. The highest BCUT2D eigenvalue weighted by atomic mass is 32.2. The van der Waals surface area contributed by atoms with Crippen LogP contribution in [0.3, 0.4) is 0 Å². The van der Waals surface area contributed by atoms with Gasteiger partial charge >= 0.3 is 0 Å². The largest absolute Gasteiger partial charge is 0.393 e. The number of carbonyl (C=O) groups excluding carboxylic acids is 1. The summed E-state index contributed by atoms with van der Waals surface area (Å²) in [7, 11) is 0. The number of hydrogen-bond donors (Lipinski definition) is 2. The molecule has 0 aromatic carbocycles. The molecule has 0 aromatic heterocycles. The van der Waals surface area contributed by atoms with Gasteiger partial charge in [-0.05, 0) is 25.5 Å². The quantitative estimate of drug-likeness (QED) is 0.737. The van der Waals surface area contributed by atoms with E-state index >= 15 is 0 Å². The van der Waals surface area contributed by atoms with E-state index in [9.17, 15) is 4.79 Å². The molecule has 0 saturated heterocycles. The lowest BCUT2D eigenvalue weighted by Gasteiger charge is -2.36. The number of carbonyl (C=O) groups is 1. The Hall–Kier alpha value is -0.290. The molecule has 1 atom stereocenters. The van der Waals surface area contributed by atoms with Gasteiger partial charge in [-0.3, -0.25) is 4.79 Å². The molecule has 0 heterocycles. The first-order chi connectivity index (χ1) is 8.54. The van der Waals surface area contributed by atoms with Crippen LogP contribution in [-0.2, 0) is 4.79 Å². The fourth-order valence-electron chi connectivity index (χ4n) is 2.54. The van der Waals surface area contributed by atoms with Crippen molar-refractivity contribution in [1.29, 1.82) is 0 Å². The van der Waals surface area contributed by atoms with Crippen LogP contribution >= 0.6 is 24.0 Å². The molecule has 0 radical (unpaired) electrons. The number of thiocarbonyl (C=S) groups is 1. The van der Waals surface area contributed by atoms with E-state index in [0.29, 0.717) is 11.4 Å². The molecular formula is C13H24N2OS2. The summed E-state index contributed by atoms with van der Waals surface area (Å²) >= 11 is 6.81. The van der Waals surface area contributed by atoms with Gasteiger partial charge in [-0.1, -0.05) is 38.4 Å². The average Bonchev–Trinajstić information content (AvgIpc) is 2.38. The molecule has 1 aliphatic carbocycles. The Bertz CT molecular complexity index is 301. The number of thioether (sulfide) groups is 1. The number of nitrogens with two attached hydrogens (primary N) is 1. The van der Waals surface area contributed by atoms with E-state index in [-0.39, 0.29) is 16.6 Å². The maximum Gasteiger partial charge on any atom is 0.229 e. The minimum atomic E-state index is -0.317. The van der Waals surface area contributed by atoms with E-state index in [2.05, 4.69) is 11.6 Å². The lowest BCUT2D eigenvalue weighted by Crippen LogP contribution is -2.45. The van der Waals surface area contributed by atoms with Gasteiger partial charge in [-0.15, -0.1) is 0 Å². The van der Waals surface area contributed by atoms with Crippen molar-refractivity contribution in [2.45, 2.75) is 50.2 Å². The van der Waals surface area contributed by atoms with Gasteiger partial charge in [0.2, 0.25) is 5.91 Å². The third-order valence-corrected chi connectivity index (χ3v) is 5.55. The summed E-state index contributed by atoms with van der Waals surface area (Å²) in [4.78, 5) is 12.3. The second kappa shape index (κ2) is 7.34. The summed E-state index contributed by atoms with van der Waals surface area (Å²) in [6.45, 7) is 2.68. The molecule has 3 N–H and O–H groups in total. The SMILES string of the molecule is CCC(C(=O)NCC1(SC)CCCCC1)C(N)=S. The van der Waals surface area contributed by atoms with Crippen LogP contribution in [0.2, 0.25) is 0 Å². The second-order valence-corrected chi connectivity index (χ2v) is 6.77. The van der Waals surface area contributed by atoms with Gasteiger partial charge in [0.1, 0.15) is 0 Å². The fraction of sp³-hybridized carbons (Fsp3) is 0.846. The summed E-state index contributed by atoms with van der Waals surface area (Å²) in [5.41, 5.74) is 5.59. The summed E-state index contributed by atoms with van der Waals surface area (Å²) in [6, 6.07) is 0. The molecule has 1 fully saturated rings. The molecule has 1 unspecified atom stereocenters. The predicted octanol–water partition coefficient (Wildman–Crippen LogP) is 2.48. The van der Waals surface area contributed by atoms with Crippen LogP contribution in [0, 0.1) is 5.92 Å². The Kier molecular flexibility index (Phi) is 6.43. The molecule has 18 heavy (non-hydrogen) atoms. The third-order valence-electron chi connectivity index (χ3n) is 3.85. The van der Waals surface area contributed by atoms with Crippen molar-refractivity contribution in [3.63, 3.8) is 0 Å². The molecule has 0 bridgehead atoms. The van der Waals surface area contributed by atoms with Gasteiger partial charge in [0.05, 0.1) is 10.9 Å². The van der Waals surface area contributed by atoms with Crippen molar-refractivity contribution in [3.8, 4) is 0 Å². The van der Waals surface area contributed by atoms with Gasteiger partial charge in [-0.2, -0.15) is 11.8 Å². The van der Waals surface area contributed by atoms with Crippen LogP contribution in [-0.4, -0.2) is 28.4 Å². The van der Waals surface area contributed by atoms with Crippen molar-refractivity contribution in [1.82, 2.24) is 5.32 Å². The highest BCUT2D eigenvalue weighted by molar-refractivity contribution is 8.00. The van der Waals surface area contributed by atoms with E-state index in [1.165, 1.54) is 32.1 Å². The third kappa shape index (κ3) is 4.12. The lowest BCUT2D eigenvalue weighted by atomic mass is 9.88. The van der Waals surface area contributed by atoms with Gasteiger partial charge in [0.15, 0.2) is 0 Å². The molecule has 5 heteroatoms. The first-order valence-corrected chi connectivity index (χ1v) is 8.30. The minimum absolute atomic E-state index is 0.0102. The first kappa shape index (κ1) is 15.8. The minimum Gasteiger partial charge on any atom is -0.393 e. The van der Waals surface area contributed by atoms with Crippen LogP contribution < -0.4 is 11.1 Å². The summed E-state index contributed by atoms with van der Waals surface area (Å²) in [5, 5.41) is 3.05. The van der Waals surface area contributed by atoms with Crippen LogP contribution in [0.5, 0.6) is 0 Å². The van der Waals surface area contributed by atoms with Crippen molar-refractivity contribution in [3.05, 3.63) is 0 Å². The molecule has 0 spiro atoms. The molecule has 0 aromatic rings. The maximum absolute atomic E-state index is 12.0. The number of nitrogens with one attached hydrogen (secondary N) is 1. The Balaban J connectivity index is 2.51. The normalized spacial score (nSPS) is 20.1. The second-order valence-electron chi connectivity index (χ2n) is 5.03. The van der Waals surface area contributed by atoms with Crippen LogP contribution in [0.15, 0.2) is 0 Å². The zero-order chi connectivity index (χ0) is 13.6. The first-order valence-electron chi connectivity index (χ1n) is 6.67. The average molecular weight is 288 g/mol. The fourth-order valence-corrected chi connectivity index (χ4v) is 3.72. The number of hydrogen-bond acceptors (Lipinski definition) is 3. The van der Waals surface area contributed by atoms with Crippen LogP contribution in [0.25, 0.3) is 0 Å². The summed E-state index contributed by atoms with van der Waals surface area (Å²) < 4.78 is 0.225. The highest BCUT2D eigenvalue weighted by Gasteiger charge is 2.32. The number of amides is 1. The van der Waals surface area contributed by atoms with Crippen molar-refractivity contribution < 1.29 is 4.79 Å². The zero-order valence-electron chi connectivity index (χ0n) is 11.3. The maximum atomic E-state index is 12.0. The van der Waals surface area contributed by atoms with Crippen LogP contribution in [0.1, 0.15) is 45.4 Å². The van der Waals surface area contributed by atoms with E-state index in [4.69, 9.17) is 18.0 Å². The Morgan fingerprint density at radius 3 is 2.50 bits per heavy atom. The monoisotopic (exact) mass is 288 g/mol. The van der Waals surface area contributed by atoms with Crippen molar-refractivity contribution >= 4 is 34.9 Å². The Morgan fingerprint density at radius 1 is 1.44 bits per heavy atom. The van der Waals surface area contributed by atoms with E-state index in [1.54, 1.807) is 0 Å². The van der Waals surface area contributed by atoms with Gasteiger partial charge in [0, 0.05) is 11.3 Å². The molecule has 1 aliphatic rings. The van der Waals surface area contributed by atoms with Gasteiger partial charge in [-0.25, -0.2) is 0 Å². The predicted molar refractivity (Wildman–Crippen MR) is 82.9 cm³/mol. The van der Waals surface area contributed by atoms with Crippen molar-refractivity contribution in [2.24, 2.45) is 11.7 Å². The van der Waals surface area contributed by atoms with E-state index in [1.807, 2.05) is 18.7 Å². The summed E-state index contributed by atoms with van der Waals surface area (Å²) in [6.07, 6.45) is 9.06. The van der Waals surface area contributed by atoms with E-state index < -0.39 is 0 Å². The molecule has 0 aliphatic heterocycles. The molecule has 1 saturated carbocycles. The Morgan fingerprint density at radius 2 is 2.06 bits per heavy atom. The zero-order valence-corrected chi connectivity index (χ0v) is 13.0.